The quantitative estimate of drug-likeness (QED) is 0.281. The number of ether oxygens (including phenoxy) is 1. The fourth-order valence-electron chi connectivity index (χ4n) is 1.76. The van der Waals surface area contributed by atoms with Crippen LogP contribution in [0.2, 0.25) is 0 Å². The standard InChI is InChI=1S/C13H13N5O2/c1-3-20-13(19)11(16-17-14)7-10-8-18-6-4-5-9(2)12(18)15-10/h4-8H,3H2,1-2H3/b11-7-. The number of pyridine rings is 1. The van der Waals surface area contributed by atoms with Gasteiger partial charge in [-0.25, -0.2) is 9.78 Å². The minimum atomic E-state index is -0.668. The first-order chi connectivity index (χ1) is 9.65. The fraction of sp³-hybridized carbons (Fsp3) is 0.231. The predicted molar refractivity (Wildman–Crippen MR) is 73.7 cm³/mol. The Morgan fingerprint density at radius 2 is 2.45 bits per heavy atom. The molecular weight excluding hydrogens is 258 g/mol. The van der Waals surface area contributed by atoms with Gasteiger partial charge in [-0.1, -0.05) is 11.2 Å². The zero-order chi connectivity index (χ0) is 14.5. The number of fused-ring (bicyclic) bond motifs is 1. The summed E-state index contributed by atoms with van der Waals surface area (Å²) in [4.78, 5) is 18.6. The van der Waals surface area contributed by atoms with Crippen molar-refractivity contribution in [2.75, 3.05) is 6.61 Å². The molecule has 0 aliphatic carbocycles. The molecule has 2 heterocycles. The van der Waals surface area contributed by atoms with Crippen molar-refractivity contribution in [1.82, 2.24) is 9.38 Å². The van der Waals surface area contributed by atoms with Crippen LogP contribution >= 0.6 is 0 Å². The second kappa shape index (κ2) is 5.90. The average Bonchev–Trinajstić information content (AvgIpc) is 2.83. The summed E-state index contributed by atoms with van der Waals surface area (Å²) in [5, 5.41) is 3.35. The molecular formula is C13H13N5O2. The Kier molecular flexibility index (Phi) is 4.02. The van der Waals surface area contributed by atoms with Gasteiger partial charge in [0.1, 0.15) is 11.3 Å². The fourth-order valence-corrected chi connectivity index (χ4v) is 1.76. The molecule has 0 amide bonds. The number of rotatable bonds is 4. The largest absolute Gasteiger partial charge is 0.462 e. The molecule has 2 aromatic rings. The molecule has 7 nitrogen and oxygen atoms in total. The van der Waals surface area contributed by atoms with Gasteiger partial charge in [0, 0.05) is 17.3 Å². The molecule has 7 heteroatoms. The molecule has 0 unspecified atom stereocenters. The van der Waals surface area contributed by atoms with E-state index in [2.05, 4.69) is 15.0 Å². The SMILES string of the molecule is CCOC(=O)/C(=C/c1cn2cccc(C)c2n1)N=[N+]=[N-]. The lowest BCUT2D eigenvalue weighted by Gasteiger charge is -1.99. The van der Waals surface area contributed by atoms with E-state index in [0.29, 0.717) is 5.69 Å². The van der Waals surface area contributed by atoms with Crippen molar-refractivity contribution in [2.24, 2.45) is 5.11 Å². The van der Waals surface area contributed by atoms with E-state index >= 15 is 0 Å². The predicted octanol–water partition coefficient (Wildman–Crippen LogP) is 2.86. The van der Waals surface area contributed by atoms with Gasteiger partial charge in [-0.3, -0.25) is 0 Å². The molecule has 0 aromatic carbocycles. The molecule has 2 rings (SSSR count). The van der Waals surface area contributed by atoms with Crippen LogP contribution in [-0.2, 0) is 9.53 Å². The van der Waals surface area contributed by atoms with Gasteiger partial charge >= 0.3 is 5.97 Å². The number of carbonyl (C=O) groups excluding carboxylic acids is 1. The van der Waals surface area contributed by atoms with Crippen molar-refractivity contribution in [2.45, 2.75) is 13.8 Å². The number of azide groups is 1. The van der Waals surface area contributed by atoms with Gasteiger partial charge in [-0.2, -0.15) is 0 Å². The lowest BCUT2D eigenvalue weighted by molar-refractivity contribution is -0.138. The number of hydrogen-bond acceptors (Lipinski definition) is 4. The molecule has 0 bridgehead atoms. The lowest BCUT2D eigenvalue weighted by atomic mass is 10.3. The summed E-state index contributed by atoms with van der Waals surface area (Å²) >= 11 is 0. The number of nitrogens with zero attached hydrogens (tertiary/aromatic N) is 5. The Morgan fingerprint density at radius 1 is 1.65 bits per heavy atom. The van der Waals surface area contributed by atoms with Crippen LogP contribution in [0.3, 0.4) is 0 Å². The molecule has 0 saturated carbocycles. The third kappa shape index (κ3) is 2.78. The maximum absolute atomic E-state index is 11.6. The average molecular weight is 271 g/mol. The second-order valence-corrected chi connectivity index (χ2v) is 4.03. The Bertz CT molecular complexity index is 725. The molecule has 0 saturated heterocycles. The van der Waals surface area contributed by atoms with Gasteiger partial charge in [0.05, 0.1) is 12.3 Å². The monoisotopic (exact) mass is 271 g/mol. The van der Waals surface area contributed by atoms with Gasteiger partial charge in [0.25, 0.3) is 0 Å². The van der Waals surface area contributed by atoms with E-state index in [1.165, 1.54) is 6.08 Å². The smallest absolute Gasteiger partial charge is 0.340 e. The molecule has 102 valence electrons. The van der Waals surface area contributed by atoms with E-state index in [0.717, 1.165) is 11.2 Å². The summed E-state index contributed by atoms with van der Waals surface area (Å²) in [7, 11) is 0. The van der Waals surface area contributed by atoms with Crippen molar-refractivity contribution in [3.63, 3.8) is 0 Å². The van der Waals surface area contributed by atoms with Crippen LogP contribution < -0.4 is 0 Å². The number of aryl methyl sites for hydroxylation is 1. The highest BCUT2D eigenvalue weighted by molar-refractivity contribution is 5.93. The lowest BCUT2D eigenvalue weighted by Crippen LogP contribution is -2.05. The van der Waals surface area contributed by atoms with E-state index in [4.69, 9.17) is 10.3 Å². The molecule has 20 heavy (non-hydrogen) atoms. The van der Waals surface area contributed by atoms with Crippen molar-refractivity contribution >= 4 is 17.7 Å². The zero-order valence-electron chi connectivity index (χ0n) is 11.1. The van der Waals surface area contributed by atoms with Crippen LogP contribution in [0.4, 0.5) is 0 Å². The number of carbonyl (C=O) groups is 1. The van der Waals surface area contributed by atoms with Crippen LogP contribution in [-0.4, -0.2) is 22.0 Å². The first-order valence-corrected chi connectivity index (χ1v) is 6.04. The molecule has 2 aromatic heterocycles. The van der Waals surface area contributed by atoms with Gasteiger partial charge in [0.2, 0.25) is 0 Å². The van der Waals surface area contributed by atoms with E-state index in [9.17, 15) is 4.79 Å². The number of esters is 1. The third-order valence-electron chi connectivity index (χ3n) is 2.62. The highest BCUT2D eigenvalue weighted by Crippen LogP contribution is 2.14. The molecule has 0 N–H and O–H groups in total. The first-order valence-electron chi connectivity index (χ1n) is 6.04. The Hall–Kier alpha value is -2.79. The van der Waals surface area contributed by atoms with Crippen LogP contribution in [0.1, 0.15) is 18.2 Å². The van der Waals surface area contributed by atoms with Crippen molar-refractivity contribution in [1.29, 1.82) is 0 Å². The first kappa shape index (κ1) is 13.6. The molecule has 0 aliphatic heterocycles. The third-order valence-corrected chi connectivity index (χ3v) is 2.62. The van der Waals surface area contributed by atoms with E-state index < -0.39 is 5.97 Å². The summed E-state index contributed by atoms with van der Waals surface area (Å²) in [5.41, 5.74) is 10.7. The summed E-state index contributed by atoms with van der Waals surface area (Å²) in [6.45, 7) is 3.83. The van der Waals surface area contributed by atoms with Gasteiger partial charge in [0.15, 0.2) is 0 Å². The van der Waals surface area contributed by atoms with E-state index in [1.54, 1.807) is 13.1 Å². The maximum atomic E-state index is 11.6. The summed E-state index contributed by atoms with van der Waals surface area (Å²) in [5.74, 6) is -0.668. The van der Waals surface area contributed by atoms with Crippen LogP contribution in [0.5, 0.6) is 0 Å². The minimum absolute atomic E-state index is 0.115. The van der Waals surface area contributed by atoms with Crippen LogP contribution in [0.25, 0.3) is 22.2 Å². The highest BCUT2D eigenvalue weighted by atomic mass is 16.5. The Balaban J connectivity index is 2.45. The van der Waals surface area contributed by atoms with Crippen LogP contribution in [0.15, 0.2) is 35.3 Å². The summed E-state index contributed by atoms with van der Waals surface area (Å²) in [6, 6.07) is 3.84. The van der Waals surface area contributed by atoms with Gasteiger partial charge in [-0.05, 0) is 37.1 Å². The zero-order valence-corrected chi connectivity index (χ0v) is 11.1. The molecule has 0 aliphatic rings. The summed E-state index contributed by atoms with van der Waals surface area (Å²) < 4.78 is 6.65. The van der Waals surface area contributed by atoms with E-state index in [-0.39, 0.29) is 12.3 Å². The number of imidazole rings is 1. The Labute approximate surface area is 115 Å². The van der Waals surface area contributed by atoms with Gasteiger partial charge < -0.3 is 9.14 Å². The van der Waals surface area contributed by atoms with Gasteiger partial charge in [-0.15, -0.1) is 0 Å². The number of aromatic nitrogens is 2. The Morgan fingerprint density at radius 3 is 3.10 bits per heavy atom. The normalized spacial score (nSPS) is 11.2. The molecule has 0 atom stereocenters. The molecule has 0 spiro atoms. The van der Waals surface area contributed by atoms with Crippen LogP contribution in [0, 0.1) is 6.92 Å². The highest BCUT2D eigenvalue weighted by Gasteiger charge is 2.10. The van der Waals surface area contributed by atoms with Crippen molar-refractivity contribution < 1.29 is 9.53 Å². The number of hydrogen-bond donors (Lipinski definition) is 0. The minimum Gasteiger partial charge on any atom is -0.462 e. The molecule has 0 radical (unpaired) electrons. The second-order valence-electron chi connectivity index (χ2n) is 4.03. The molecule has 0 fully saturated rings. The topological polar surface area (TPSA) is 92.4 Å². The summed E-state index contributed by atoms with van der Waals surface area (Å²) in [6.07, 6.45) is 5.00. The van der Waals surface area contributed by atoms with Crippen molar-refractivity contribution in [3.05, 3.63) is 51.9 Å². The van der Waals surface area contributed by atoms with Crippen molar-refractivity contribution in [3.8, 4) is 0 Å². The maximum Gasteiger partial charge on any atom is 0.340 e. The van der Waals surface area contributed by atoms with E-state index in [1.807, 2.05) is 29.7 Å².